The van der Waals surface area contributed by atoms with Gasteiger partial charge in [-0.3, -0.25) is 4.79 Å². The van der Waals surface area contributed by atoms with Crippen molar-refractivity contribution < 1.29 is 13.2 Å². The van der Waals surface area contributed by atoms with Gasteiger partial charge in [-0.1, -0.05) is 13.8 Å². The monoisotopic (exact) mass is 312 g/mol. The maximum Gasteiger partial charge on any atom is 0.251 e. The quantitative estimate of drug-likeness (QED) is 0.873. The Balaban J connectivity index is 3.25. The van der Waals surface area contributed by atoms with Crippen molar-refractivity contribution in [3.63, 3.8) is 0 Å². The van der Waals surface area contributed by atoms with Crippen LogP contribution in [0.25, 0.3) is 0 Å². The molecule has 6 heteroatoms. The zero-order valence-electron chi connectivity index (χ0n) is 13.4. The molecular weight excluding hydrogens is 288 g/mol. The third kappa shape index (κ3) is 4.04. The highest BCUT2D eigenvalue weighted by atomic mass is 32.2. The Morgan fingerprint density at radius 2 is 1.71 bits per heavy atom. The first-order valence-electron chi connectivity index (χ1n) is 6.95. The van der Waals surface area contributed by atoms with Crippen LogP contribution in [0.3, 0.4) is 0 Å². The molecule has 5 nitrogen and oxygen atoms in total. The van der Waals surface area contributed by atoms with E-state index in [0.29, 0.717) is 17.0 Å². The summed E-state index contributed by atoms with van der Waals surface area (Å²) in [5.74, 6) is 0.0489. The largest absolute Gasteiger partial charge is 0.349 e. The molecule has 1 amide bonds. The Hall–Kier alpha value is -1.40. The Bertz CT molecular complexity index is 637. The van der Waals surface area contributed by atoms with E-state index in [0.717, 1.165) is 5.56 Å². The van der Waals surface area contributed by atoms with Gasteiger partial charge in [0, 0.05) is 11.6 Å². The van der Waals surface area contributed by atoms with Gasteiger partial charge in [0.2, 0.25) is 10.0 Å². The third-order valence-electron chi connectivity index (χ3n) is 3.80. The first-order valence-corrected chi connectivity index (χ1v) is 8.44. The van der Waals surface area contributed by atoms with Gasteiger partial charge < -0.3 is 5.32 Å². The number of hydrogen-bond acceptors (Lipinski definition) is 3. The molecule has 0 aromatic heterocycles. The molecule has 0 aliphatic carbocycles. The standard InChI is InChI=1S/C15H24N2O3S/c1-9(2)12(5)17-15(18)13-7-10(3)11(4)14(8-13)21(19,20)16-6/h7-9,12,16H,1-6H3,(H,17,18). The van der Waals surface area contributed by atoms with Gasteiger partial charge in [0.1, 0.15) is 0 Å². The average Bonchev–Trinajstić information content (AvgIpc) is 2.40. The van der Waals surface area contributed by atoms with E-state index >= 15 is 0 Å². The van der Waals surface area contributed by atoms with Crippen molar-refractivity contribution in [1.82, 2.24) is 10.0 Å². The molecule has 1 aromatic rings. The van der Waals surface area contributed by atoms with Crippen molar-refractivity contribution in [2.45, 2.75) is 45.6 Å². The van der Waals surface area contributed by atoms with E-state index < -0.39 is 10.0 Å². The molecule has 118 valence electrons. The van der Waals surface area contributed by atoms with Gasteiger partial charge in [-0.2, -0.15) is 0 Å². The Kier molecular flexibility index (Phi) is 5.53. The summed E-state index contributed by atoms with van der Waals surface area (Å²) >= 11 is 0. The summed E-state index contributed by atoms with van der Waals surface area (Å²) in [6, 6.07) is 3.16. The third-order valence-corrected chi connectivity index (χ3v) is 5.34. The lowest BCUT2D eigenvalue weighted by atomic mass is 10.0. The Labute approximate surface area is 127 Å². The van der Waals surface area contributed by atoms with Crippen LogP contribution in [0.1, 0.15) is 42.3 Å². The van der Waals surface area contributed by atoms with Gasteiger partial charge in [-0.05, 0) is 57.0 Å². The number of nitrogens with one attached hydrogen (secondary N) is 2. The molecule has 1 atom stereocenters. The van der Waals surface area contributed by atoms with Crippen molar-refractivity contribution in [1.29, 1.82) is 0 Å². The zero-order chi connectivity index (χ0) is 16.4. The van der Waals surface area contributed by atoms with Crippen molar-refractivity contribution in [2.24, 2.45) is 5.92 Å². The van der Waals surface area contributed by atoms with Crippen molar-refractivity contribution in [3.05, 3.63) is 28.8 Å². The molecule has 21 heavy (non-hydrogen) atoms. The second-order valence-corrected chi connectivity index (χ2v) is 7.48. The van der Waals surface area contributed by atoms with Crippen LogP contribution in [-0.4, -0.2) is 27.4 Å². The molecular formula is C15H24N2O3S. The highest BCUT2D eigenvalue weighted by Gasteiger charge is 2.20. The summed E-state index contributed by atoms with van der Waals surface area (Å²) in [5, 5.41) is 2.88. The van der Waals surface area contributed by atoms with Crippen LogP contribution in [0.4, 0.5) is 0 Å². The summed E-state index contributed by atoms with van der Waals surface area (Å²) in [6.45, 7) is 9.49. The fourth-order valence-corrected chi connectivity index (χ4v) is 2.87. The summed E-state index contributed by atoms with van der Waals surface area (Å²) in [5.41, 5.74) is 1.78. The number of aryl methyl sites for hydroxylation is 1. The fourth-order valence-electron chi connectivity index (χ4n) is 1.80. The zero-order valence-corrected chi connectivity index (χ0v) is 14.3. The predicted octanol–water partition coefficient (Wildman–Crippen LogP) is 1.99. The van der Waals surface area contributed by atoms with Crippen LogP contribution in [0, 0.1) is 19.8 Å². The molecule has 1 aromatic carbocycles. The van der Waals surface area contributed by atoms with Gasteiger partial charge in [0.25, 0.3) is 5.91 Å². The summed E-state index contributed by atoms with van der Waals surface area (Å²) in [7, 11) is -2.22. The molecule has 2 N–H and O–H groups in total. The molecule has 0 heterocycles. The number of amides is 1. The van der Waals surface area contributed by atoms with Crippen LogP contribution < -0.4 is 10.0 Å². The van der Waals surface area contributed by atoms with Gasteiger partial charge in [0.05, 0.1) is 4.90 Å². The van der Waals surface area contributed by atoms with Gasteiger partial charge in [-0.15, -0.1) is 0 Å². The van der Waals surface area contributed by atoms with E-state index in [-0.39, 0.29) is 16.8 Å². The fraction of sp³-hybridized carbons (Fsp3) is 0.533. The minimum atomic E-state index is -3.58. The molecule has 0 saturated heterocycles. The van der Waals surface area contributed by atoms with Crippen molar-refractivity contribution in [2.75, 3.05) is 7.05 Å². The topological polar surface area (TPSA) is 75.3 Å². The van der Waals surface area contributed by atoms with E-state index in [9.17, 15) is 13.2 Å². The van der Waals surface area contributed by atoms with E-state index in [1.165, 1.54) is 13.1 Å². The number of carbonyl (C=O) groups is 1. The molecule has 0 bridgehead atoms. The Morgan fingerprint density at radius 1 is 1.14 bits per heavy atom. The van der Waals surface area contributed by atoms with Crippen molar-refractivity contribution >= 4 is 15.9 Å². The van der Waals surface area contributed by atoms with Gasteiger partial charge in [-0.25, -0.2) is 13.1 Å². The van der Waals surface area contributed by atoms with E-state index in [1.807, 2.05) is 20.8 Å². The van der Waals surface area contributed by atoms with Gasteiger partial charge in [0.15, 0.2) is 0 Å². The van der Waals surface area contributed by atoms with E-state index in [2.05, 4.69) is 10.0 Å². The molecule has 0 radical (unpaired) electrons. The lowest BCUT2D eigenvalue weighted by Crippen LogP contribution is -2.36. The predicted molar refractivity (Wildman–Crippen MR) is 83.9 cm³/mol. The molecule has 1 unspecified atom stereocenters. The smallest absolute Gasteiger partial charge is 0.251 e. The van der Waals surface area contributed by atoms with Crippen LogP contribution in [0.15, 0.2) is 17.0 Å². The van der Waals surface area contributed by atoms with Crippen LogP contribution >= 0.6 is 0 Å². The number of benzene rings is 1. The lowest BCUT2D eigenvalue weighted by Gasteiger charge is -2.18. The molecule has 0 fully saturated rings. The number of carbonyl (C=O) groups excluding carboxylic acids is 1. The number of hydrogen-bond donors (Lipinski definition) is 2. The van der Waals surface area contributed by atoms with Crippen LogP contribution in [-0.2, 0) is 10.0 Å². The average molecular weight is 312 g/mol. The SMILES string of the molecule is CNS(=O)(=O)c1cc(C(=O)NC(C)C(C)C)cc(C)c1C. The number of sulfonamides is 1. The molecule has 0 spiro atoms. The second kappa shape index (κ2) is 6.58. The summed E-state index contributed by atoms with van der Waals surface area (Å²) < 4.78 is 26.4. The molecule has 0 aliphatic heterocycles. The van der Waals surface area contributed by atoms with Crippen LogP contribution in [0.2, 0.25) is 0 Å². The maximum atomic E-state index is 12.3. The van der Waals surface area contributed by atoms with Crippen molar-refractivity contribution in [3.8, 4) is 0 Å². The number of rotatable bonds is 5. The molecule has 1 rings (SSSR count). The molecule has 0 saturated carbocycles. The first-order chi connectivity index (χ1) is 9.60. The lowest BCUT2D eigenvalue weighted by molar-refractivity contribution is 0.0930. The highest BCUT2D eigenvalue weighted by molar-refractivity contribution is 7.89. The Morgan fingerprint density at radius 3 is 2.19 bits per heavy atom. The maximum absolute atomic E-state index is 12.3. The minimum Gasteiger partial charge on any atom is -0.349 e. The molecule has 0 aliphatic rings. The van der Waals surface area contributed by atoms with Gasteiger partial charge >= 0.3 is 0 Å². The minimum absolute atomic E-state index is 0.0171. The summed E-state index contributed by atoms with van der Waals surface area (Å²) in [4.78, 5) is 12.4. The van der Waals surface area contributed by atoms with Crippen LogP contribution in [0.5, 0.6) is 0 Å². The first kappa shape index (κ1) is 17.7. The second-order valence-electron chi connectivity index (χ2n) is 5.63. The normalized spacial score (nSPS) is 13.3. The summed E-state index contributed by atoms with van der Waals surface area (Å²) in [6.07, 6.45) is 0. The van der Waals surface area contributed by atoms with E-state index in [1.54, 1.807) is 19.9 Å². The van der Waals surface area contributed by atoms with E-state index in [4.69, 9.17) is 0 Å². The highest BCUT2D eigenvalue weighted by Crippen LogP contribution is 2.21.